The Bertz CT molecular complexity index is 1310. The van der Waals surface area contributed by atoms with Gasteiger partial charge in [0.1, 0.15) is 11.3 Å². The average Bonchev–Trinajstić information content (AvgIpc) is 3.50. The SMILES string of the molecule is O=C(CCn1nnc2ccccc2c1=O)Nc1cc(C2CCCC2)nn1-c1ccccc1. The number of aromatic nitrogens is 5. The molecule has 0 saturated heterocycles. The highest BCUT2D eigenvalue weighted by molar-refractivity contribution is 5.90. The molecule has 162 valence electrons. The van der Waals surface area contributed by atoms with Gasteiger partial charge in [-0.3, -0.25) is 9.59 Å². The Morgan fingerprint density at radius 1 is 1.03 bits per heavy atom. The Hall–Kier alpha value is -3.81. The average molecular weight is 428 g/mol. The van der Waals surface area contributed by atoms with Crippen molar-refractivity contribution in [3.63, 3.8) is 0 Å². The van der Waals surface area contributed by atoms with Crippen molar-refractivity contribution in [2.45, 2.75) is 44.6 Å². The molecule has 2 aromatic heterocycles. The number of nitrogens with zero attached hydrogens (tertiary/aromatic N) is 5. The number of fused-ring (bicyclic) bond motifs is 1. The fourth-order valence-electron chi connectivity index (χ4n) is 4.26. The number of benzene rings is 2. The molecule has 0 atom stereocenters. The number of aryl methyl sites for hydroxylation is 1. The van der Waals surface area contributed by atoms with Crippen LogP contribution in [0, 0.1) is 0 Å². The number of rotatable bonds is 6. The first-order valence-electron chi connectivity index (χ1n) is 11.0. The molecule has 0 bridgehead atoms. The summed E-state index contributed by atoms with van der Waals surface area (Å²) in [5.74, 6) is 0.865. The Morgan fingerprint density at radius 2 is 1.78 bits per heavy atom. The maximum Gasteiger partial charge on any atom is 0.277 e. The number of carbonyl (C=O) groups is 1. The molecule has 2 aromatic carbocycles. The molecule has 1 aliphatic carbocycles. The topological polar surface area (TPSA) is 94.7 Å². The highest BCUT2D eigenvalue weighted by Crippen LogP contribution is 2.35. The number of amides is 1. The molecular formula is C24H24N6O2. The molecule has 8 heteroatoms. The lowest BCUT2D eigenvalue weighted by atomic mass is 10.0. The molecule has 1 N–H and O–H groups in total. The standard InChI is InChI=1S/C24H24N6O2/c31-23(14-15-29-24(32)19-12-6-7-13-20(19)26-28-29)25-22-16-21(17-8-4-5-9-17)27-30(22)18-10-2-1-3-11-18/h1-3,6-7,10-13,16-17H,4-5,8-9,14-15H2,(H,25,31). The van der Waals surface area contributed by atoms with Gasteiger partial charge in [0, 0.05) is 18.4 Å². The van der Waals surface area contributed by atoms with Crippen LogP contribution >= 0.6 is 0 Å². The summed E-state index contributed by atoms with van der Waals surface area (Å²) in [5, 5.41) is 16.3. The lowest BCUT2D eigenvalue weighted by Gasteiger charge is -2.09. The van der Waals surface area contributed by atoms with Crippen molar-refractivity contribution in [3.8, 4) is 5.69 Å². The van der Waals surface area contributed by atoms with Crippen LogP contribution in [0.25, 0.3) is 16.6 Å². The van der Waals surface area contributed by atoms with E-state index in [4.69, 9.17) is 5.10 Å². The van der Waals surface area contributed by atoms with Crippen molar-refractivity contribution in [2.75, 3.05) is 5.32 Å². The zero-order chi connectivity index (χ0) is 21.9. The van der Waals surface area contributed by atoms with Gasteiger partial charge >= 0.3 is 0 Å². The van der Waals surface area contributed by atoms with E-state index in [0.717, 1.165) is 24.2 Å². The summed E-state index contributed by atoms with van der Waals surface area (Å²) in [6.45, 7) is 0.150. The van der Waals surface area contributed by atoms with Crippen molar-refractivity contribution in [3.05, 3.63) is 76.7 Å². The monoisotopic (exact) mass is 428 g/mol. The minimum atomic E-state index is -0.249. The van der Waals surface area contributed by atoms with Crippen LogP contribution in [0.15, 0.2) is 65.5 Å². The minimum absolute atomic E-state index is 0.103. The molecule has 5 rings (SSSR count). The molecule has 1 saturated carbocycles. The van der Waals surface area contributed by atoms with Crippen LogP contribution in [0.1, 0.15) is 43.7 Å². The molecule has 2 heterocycles. The van der Waals surface area contributed by atoms with E-state index in [-0.39, 0.29) is 24.4 Å². The van der Waals surface area contributed by atoms with E-state index in [1.54, 1.807) is 22.9 Å². The predicted octanol–water partition coefficient (Wildman–Crippen LogP) is 3.66. The molecule has 8 nitrogen and oxygen atoms in total. The van der Waals surface area contributed by atoms with Gasteiger partial charge in [-0.15, -0.1) is 5.10 Å². The zero-order valence-corrected chi connectivity index (χ0v) is 17.6. The smallest absolute Gasteiger partial charge is 0.277 e. The second kappa shape index (κ2) is 8.74. The number of nitrogens with one attached hydrogen (secondary N) is 1. The Labute approximate surface area is 184 Å². The van der Waals surface area contributed by atoms with Crippen LogP contribution < -0.4 is 10.9 Å². The van der Waals surface area contributed by atoms with Gasteiger partial charge in [-0.25, -0.2) is 9.36 Å². The van der Waals surface area contributed by atoms with E-state index in [0.29, 0.717) is 22.6 Å². The number of carbonyl (C=O) groups excluding carboxylic acids is 1. The molecule has 1 amide bonds. The highest BCUT2D eigenvalue weighted by Gasteiger charge is 2.22. The molecule has 0 unspecified atom stereocenters. The molecule has 0 radical (unpaired) electrons. The predicted molar refractivity (Wildman–Crippen MR) is 122 cm³/mol. The van der Waals surface area contributed by atoms with Crippen molar-refractivity contribution in [2.24, 2.45) is 0 Å². The molecule has 1 aliphatic rings. The van der Waals surface area contributed by atoms with Crippen molar-refractivity contribution < 1.29 is 4.79 Å². The third-order valence-corrected chi connectivity index (χ3v) is 5.95. The largest absolute Gasteiger partial charge is 0.311 e. The summed E-state index contributed by atoms with van der Waals surface area (Å²) < 4.78 is 3.02. The maximum absolute atomic E-state index is 12.8. The first-order valence-corrected chi connectivity index (χ1v) is 11.0. The first-order chi connectivity index (χ1) is 15.7. The van der Waals surface area contributed by atoms with Gasteiger partial charge in [-0.1, -0.05) is 48.4 Å². The summed E-state index contributed by atoms with van der Waals surface area (Å²) in [7, 11) is 0. The van der Waals surface area contributed by atoms with Crippen molar-refractivity contribution >= 4 is 22.6 Å². The van der Waals surface area contributed by atoms with Crippen molar-refractivity contribution in [1.82, 2.24) is 24.8 Å². The van der Waals surface area contributed by atoms with E-state index in [2.05, 4.69) is 15.6 Å². The Balaban J connectivity index is 1.35. The third kappa shape index (κ3) is 4.03. The molecule has 32 heavy (non-hydrogen) atoms. The quantitative estimate of drug-likeness (QED) is 0.506. The first kappa shape index (κ1) is 20.1. The van der Waals surface area contributed by atoms with Gasteiger partial charge in [-0.2, -0.15) is 5.10 Å². The van der Waals surface area contributed by atoms with Crippen LogP contribution in [0.5, 0.6) is 0 Å². The summed E-state index contributed by atoms with van der Waals surface area (Å²) in [5.41, 5.74) is 2.20. The van der Waals surface area contributed by atoms with Crippen LogP contribution in [0.2, 0.25) is 0 Å². The van der Waals surface area contributed by atoms with Gasteiger partial charge in [-0.05, 0) is 37.1 Å². The summed E-state index contributed by atoms with van der Waals surface area (Å²) >= 11 is 0. The zero-order valence-electron chi connectivity index (χ0n) is 17.6. The molecule has 4 aromatic rings. The lowest BCUT2D eigenvalue weighted by molar-refractivity contribution is -0.116. The van der Waals surface area contributed by atoms with E-state index in [1.165, 1.54) is 17.5 Å². The van der Waals surface area contributed by atoms with Crippen LogP contribution in [0.3, 0.4) is 0 Å². The minimum Gasteiger partial charge on any atom is -0.311 e. The molecular weight excluding hydrogens is 404 g/mol. The van der Waals surface area contributed by atoms with Crippen molar-refractivity contribution in [1.29, 1.82) is 0 Å². The van der Waals surface area contributed by atoms with E-state index in [1.807, 2.05) is 42.5 Å². The number of hydrogen-bond donors (Lipinski definition) is 1. The highest BCUT2D eigenvalue weighted by atomic mass is 16.2. The van der Waals surface area contributed by atoms with Crippen LogP contribution in [-0.2, 0) is 11.3 Å². The maximum atomic E-state index is 12.8. The van der Waals surface area contributed by atoms with Gasteiger partial charge in [0.15, 0.2) is 0 Å². The second-order valence-corrected chi connectivity index (χ2v) is 8.12. The van der Waals surface area contributed by atoms with Gasteiger partial charge in [0.2, 0.25) is 5.91 Å². The number of anilines is 1. The summed E-state index contributed by atoms with van der Waals surface area (Å²) in [6, 6.07) is 18.8. The van der Waals surface area contributed by atoms with E-state index < -0.39 is 0 Å². The summed E-state index contributed by atoms with van der Waals surface area (Å²) in [4.78, 5) is 25.4. The molecule has 0 aliphatic heterocycles. The van der Waals surface area contributed by atoms with Gasteiger partial charge in [0.25, 0.3) is 5.56 Å². The lowest BCUT2D eigenvalue weighted by Crippen LogP contribution is -2.26. The number of hydrogen-bond acceptors (Lipinski definition) is 5. The van der Waals surface area contributed by atoms with E-state index in [9.17, 15) is 9.59 Å². The van der Waals surface area contributed by atoms with Gasteiger partial charge in [0.05, 0.1) is 23.3 Å². The number of para-hydroxylation sites is 1. The van der Waals surface area contributed by atoms with Gasteiger partial charge < -0.3 is 5.32 Å². The van der Waals surface area contributed by atoms with Crippen LogP contribution in [-0.4, -0.2) is 30.7 Å². The van der Waals surface area contributed by atoms with Crippen LogP contribution in [0.4, 0.5) is 5.82 Å². The van der Waals surface area contributed by atoms with E-state index >= 15 is 0 Å². The second-order valence-electron chi connectivity index (χ2n) is 8.12. The fraction of sp³-hybridized carbons (Fsp3) is 0.292. The fourth-order valence-corrected chi connectivity index (χ4v) is 4.26. The molecule has 0 spiro atoms. The normalized spacial score (nSPS) is 14.1. The molecule has 1 fully saturated rings. The summed E-state index contributed by atoms with van der Waals surface area (Å²) in [6.07, 6.45) is 4.79. The third-order valence-electron chi connectivity index (χ3n) is 5.95. The Morgan fingerprint density at radius 3 is 2.59 bits per heavy atom. The Kier molecular flexibility index (Phi) is 5.49.